The van der Waals surface area contributed by atoms with Gasteiger partial charge in [0.1, 0.15) is 6.61 Å². The topological polar surface area (TPSA) is 26.3 Å². The Kier molecular flexibility index (Phi) is 5.32. The minimum Gasteiger partial charge on any atom is -0.457 e. The molecule has 0 fully saturated rings. The van der Waals surface area contributed by atoms with Crippen LogP contribution in [0.5, 0.6) is 0 Å². The Morgan fingerprint density at radius 2 is 1.48 bits per heavy atom. The fourth-order valence-electron chi connectivity index (χ4n) is 2.55. The van der Waals surface area contributed by atoms with Crippen molar-refractivity contribution in [3.05, 3.63) is 113 Å². The second-order valence-electron chi connectivity index (χ2n) is 5.58. The predicted molar refractivity (Wildman–Crippen MR) is 102 cm³/mol. The van der Waals surface area contributed by atoms with Crippen molar-refractivity contribution in [1.29, 1.82) is 0 Å². The molecule has 0 aromatic heterocycles. The van der Waals surface area contributed by atoms with Crippen molar-refractivity contribution >= 4 is 23.1 Å². The molecule has 3 aromatic carbocycles. The molecule has 0 aliphatic carbocycles. The number of carbonyl (C=O) groups excluding carboxylic acids is 1. The molecule has 0 N–H and O–H groups in total. The van der Waals surface area contributed by atoms with Gasteiger partial charge in [0.25, 0.3) is 0 Å². The largest absolute Gasteiger partial charge is 0.457 e. The molecular formula is C22H17ClO2. The number of hydrogen-bond donors (Lipinski definition) is 0. The number of benzene rings is 3. The van der Waals surface area contributed by atoms with E-state index in [9.17, 15) is 4.79 Å². The van der Waals surface area contributed by atoms with E-state index in [0.717, 1.165) is 22.3 Å². The van der Waals surface area contributed by atoms with Crippen molar-refractivity contribution in [3.63, 3.8) is 0 Å². The Morgan fingerprint density at radius 3 is 2.20 bits per heavy atom. The molecule has 0 saturated carbocycles. The number of rotatable bonds is 5. The Morgan fingerprint density at radius 1 is 0.840 bits per heavy atom. The first-order valence-corrected chi connectivity index (χ1v) is 8.28. The smallest absolute Gasteiger partial charge is 0.338 e. The van der Waals surface area contributed by atoms with Crippen LogP contribution in [0.15, 0.2) is 85.4 Å². The number of esters is 1. The van der Waals surface area contributed by atoms with E-state index in [1.807, 2.05) is 66.7 Å². The Bertz CT molecular complexity index is 883. The zero-order chi connectivity index (χ0) is 17.6. The Balaban J connectivity index is 1.78. The van der Waals surface area contributed by atoms with Crippen molar-refractivity contribution in [2.75, 3.05) is 0 Å². The van der Waals surface area contributed by atoms with Gasteiger partial charge in [-0.15, -0.1) is 0 Å². The molecule has 0 saturated heterocycles. The van der Waals surface area contributed by atoms with Crippen molar-refractivity contribution in [2.45, 2.75) is 6.61 Å². The molecule has 0 radical (unpaired) electrons. The highest BCUT2D eigenvalue weighted by molar-refractivity contribution is 6.30. The van der Waals surface area contributed by atoms with Crippen LogP contribution in [0, 0.1) is 0 Å². The van der Waals surface area contributed by atoms with E-state index in [2.05, 4.69) is 6.58 Å². The second-order valence-corrected chi connectivity index (χ2v) is 6.02. The summed E-state index contributed by atoms with van der Waals surface area (Å²) in [5.41, 5.74) is 4.24. The molecule has 0 aliphatic rings. The van der Waals surface area contributed by atoms with Gasteiger partial charge in [-0.1, -0.05) is 72.8 Å². The summed E-state index contributed by atoms with van der Waals surface area (Å²) in [6.45, 7) is 4.38. The van der Waals surface area contributed by atoms with Gasteiger partial charge in [0.15, 0.2) is 0 Å². The summed E-state index contributed by atoms with van der Waals surface area (Å²) in [5.74, 6) is -0.340. The first kappa shape index (κ1) is 17.0. The van der Waals surface area contributed by atoms with Gasteiger partial charge in [0.05, 0.1) is 5.56 Å². The lowest BCUT2D eigenvalue weighted by atomic mass is 9.95. The molecule has 2 nitrogen and oxygen atoms in total. The van der Waals surface area contributed by atoms with E-state index in [0.29, 0.717) is 10.6 Å². The predicted octanol–water partition coefficient (Wildman–Crippen LogP) is 5.76. The van der Waals surface area contributed by atoms with Crippen LogP contribution in [0.25, 0.3) is 5.57 Å². The third kappa shape index (κ3) is 4.17. The van der Waals surface area contributed by atoms with Gasteiger partial charge in [-0.05, 0) is 46.5 Å². The van der Waals surface area contributed by atoms with Crippen LogP contribution >= 0.6 is 11.6 Å². The molecule has 0 aliphatic heterocycles. The summed E-state index contributed by atoms with van der Waals surface area (Å²) in [5, 5.41) is 0.682. The zero-order valence-corrected chi connectivity index (χ0v) is 14.4. The summed E-state index contributed by atoms with van der Waals surface area (Å²) in [6, 6.07) is 24.3. The van der Waals surface area contributed by atoms with Crippen molar-refractivity contribution in [2.24, 2.45) is 0 Å². The highest BCUT2D eigenvalue weighted by Crippen LogP contribution is 2.26. The number of halogens is 1. The summed E-state index contributed by atoms with van der Waals surface area (Å²) < 4.78 is 5.46. The van der Waals surface area contributed by atoms with Gasteiger partial charge < -0.3 is 4.74 Å². The molecule has 3 rings (SSSR count). The van der Waals surface area contributed by atoms with Crippen molar-refractivity contribution in [1.82, 2.24) is 0 Å². The second kappa shape index (κ2) is 7.82. The monoisotopic (exact) mass is 348 g/mol. The summed E-state index contributed by atoms with van der Waals surface area (Å²) in [6.07, 6.45) is 0. The highest BCUT2D eigenvalue weighted by atomic mass is 35.5. The molecule has 0 amide bonds. The molecule has 0 unspecified atom stereocenters. The van der Waals surface area contributed by atoms with Gasteiger partial charge in [-0.2, -0.15) is 0 Å². The maximum Gasteiger partial charge on any atom is 0.338 e. The van der Waals surface area contributed by atoms with E-state index in [1.165, 1.54) is 0 Å². The fourth-order valence-corrected chi connectivity index (χ4v) is 2.67. The fraction of sp³-hybridized carbons (Fsp3) is 0.0455. The molecular weight excluding hydrogens is 332 g/mol. The minimum atomic E-state index is -0.340. The lowest BCUT2D eigenvalue weighted by Crippen LogP contribution is -2.06. The average Bonchev–Trinajstić information content (AvgIpc) is 2.67. The van der Waals surface area contributed by atoms with Crippen LogP contribution in [-0.2, 0) is 11.3 Å². The highest BCUT2D eigenvalue weighted by Gasteiger charge is 2.11. The third-order valence-corrected chi connectivity index (χ3v) is 4.16. The van der Waals surface area contributed by atoms with Crippen LogP contribution in [0.1, 0.15) is 27.0 Å². The molecule has 0 bridgehead atoms. The maximum atomic E-state index is 12.1. The molecule has 3 aromatic rings. The minimum absolute atomic E-state index is 0.191. The van der Waals surface area contributed by atoms with Gasteiger partial charge in [-0.25, -0.2) is 4.79 Å². The van der Waals surface area contributed by atoms with Crippen molar-refractivity contribution < 1.29 is 9.53 Å². The molecule has 0 heterocycles. The van der Waals surface area contributed by atoms with Gasteiger partial charge in [0, 0.05) is 5.02 Å². The summed E-state index contributed by atoms with van der Waals surface area (Å²) in [4.78, 5) is 12.1. The van der Waals surface area contributed by atoms with E-state index in [1.54, 1.807) is 12.1 Å². The normalized spacial score (nSPS) is 10.3. The molecule has 3 heteroatoms. The lowest BCUT2D eigenvalue weighted by Gasteiger charge is -2.13. The van der Waals surface area contributed by atoms with Crippen LogP contribution in [0.4, 0.5) is 0 Å². The van der Waals surface area contributed by atoms with Crippen LogP contribution < -0.4 is 0 Å². The summed E-state index contributed by atoms with van der Waals surface area (Å²) in [7, 11) is 0. The molecule has 0 spiro atoms. The molecule has 124 valence electrons. The standard InChI is InChI=1S/C22H17ClO2/c1-16(17-11-13-20(23)14-12-17)21-10-6-5-9-19(21)15-25-22(24)18-7-3-2-4-8-18/h2-14H,1,15H2. The van der Waals surface area contributed by atoms with E-state index in [-0.39, 0.29) is 12.6 Å². The number of hydrogen-bond acceptors (Lipinski definition) is 2. The van der Waals surface area contributed by atoms with Crippen LogP contribution in [0.3, 0.4) is 0 Å². The average molecular weight is 349 g/mol. The lowest BCUT2D eigenvalue weighted by molar-refractivity contribution is 0.0472. The first-order chi connectivity index (χ1) is 12.1. The summed E-state index contributed by atoms with van der Waals surface area (Å²) >= 11 is 5.95. The zero-order valence-electron chi connectivity index (χ0n) is 13.6. The van der Waals surface area contributed by atoms with Gasteiger partial charge in [0.2, 0.25) is 0 Å². The van der Waals surface area contributed by atoms with Crippen molar-refractivity contribution in [3.8, 4) is 0 Å². The quantitative estimate of drug-likeness (QED) is 0.548. The van der Waals surface area contributed by atoms with Gasteiger partial charge >= 0.3 is 5.97 Å². The number of ether oxygens (including phenoxy) is 1. The van der Waals surface area contributed by atoms with E-state index >= 15 is 0 Å². The Labute approximate surface area is 152 Å². The SMILES string of the molecule is C=C(c1ccc(Cl)cc1)c1ccccc1COC(=O)c1ccccc1. The number of carbonyl (C=O) groups is 1. The van der Waals surface area contributed by atoms with Crippen LogP contribution in [-0.4, -0.2) is 5.97 Å². The first-order valence-electron chi connectivity index (χ1n) is 7.90. The van der Waals surface area contributed by atoms with Crippen LogP contribution in [0.2, 0.25) is 5.02 Å². The molecule has 25 heavy (non-hydrogen) atoms. The Hall–Kier alpha value is -2.84. The van der Waals surface area contributed by atoms with Gasteiger partial charge in [-0.3, -0.25) is 0 Å². The van der Waals surface area contributed by atoms with E-state index in [4.69, 9.17) is 16.3 Å². The molecule has 0 atom stereocenters. The van der Waals surface area contributed by atoms with E-state index < -0.39 is 0 Å². The third-order valence-electron chi connectivity index (χ3n) is 3.90. The maximum absolute atomic E-state index is 12.1.